The van der Waals surface area contributed by atoms with Gasteiger partial charge in [-0.1, -0.05) is 24.3 Å². The van der Waals surface area contributed by atoms with Crippen molar-refractivity contribution in [3.63, 3.8) is 0 Å². The van der Waals surface area contributed by atoms with E-state index in [0.29, 0.717) is 16.7 Å². The Morgan fingerprint density at radius 3 is 2.35 bits per heavy atom. The van der Waals surface area contributed by atoms with Crippen molar-refractivity contribution in [3.05, 3.63) is 65.0 Å². The summed E-state index contributed by atoms with van der Waals surface area (Å²) in [7, 11) is 0. The van der Waals surface area contributed by atoms with Crippen LogP contribution in [-0.4, -0.2) is 20.6 Å². The molecular formula is C15H10F4N4. The standard InChI is InChI=1S/C15H10F4N4/c16-13-3-1-2-11(14-20-22-23-21-14)12(13)8-9-4-6-10(7-5-9)15(17,18)19/h1-7H,8H2,(H,20,21,22,23). The van der Waals surface area contributed by atoms with Crippen LogP contribution < -0.4 is 0 Å². The number of hydrogen-bond donors (Lipinski definition) is 1. The van der Waals surface area contributed by atoms with E-state index in [1.165, 1.54) is 24.3 Å². The number of aromatic nitrogens is 4. The maximum absolute atomic E-state index is 14.1. The molecule has 0 unspecified atom stereocenters. The van der Waals surface area contributed by atoms with Crippen LogP contribution in [0.1, 0.15) is 16.7 Å². The summed E-state index contributed by atoms with van der Waals surface area (Å²) in [6.45, 7) is 0. The lowest BCUT2D eigenvalue weighted by Gasteiger charge is -2.10. The summed E-state index contributed by atoms with van der Waals surface area (Å²) in [5.41, 5.74) is 0.549. The molecule has 2 aromatic carbocycles. The second-order valence-electron chi connectivity index (χ2n) is 4.87. The van der Waals surface area contributed by atoms with E-state index in [2.05, 4.69) is 20.6 Å². The van der Waals surface area contributed by atoms with Crippen molar-refractivity contribution >= 4 is 0 Å². The summed E-state index contributed by atoms with van der Waals surface area (Å²) in [5, 5.41) is 13.3. The lowest BCUT2D eigenvalue weighted by molar-refractivity contribution is -0.137. The molecule has 0 spiro atoms. The van der Waals surface area contributed by atoms with Gasteiger partial charge in [-0.3, -0.25) is 0 Å². The van der Waals surface area contributed by atoms with E-state index in [1.807, 2.05) is 0 Å². The maximum atomic E-state index is 14.1. The molecule has 1 N–H and O–H groups in total. The maximum Gasteiger partial charge on any atom is 0.416 e. The molecule has 0 aliphatic rings. The van der Waals surface area contributed by atoms with Gasteiger partial charge in [0.2, 0.25) is 5.82 Å². The minimum atomic E-state index is -4.40. The molecule has 3 aromatic rings. The lowest BCUT2D eigenvalue weighted by atomic mass is 9.98. The fourth-order valence-corrected chi connectivity index (χ4v) is 2.24. The van der Waals surface area contributed by atoms with Crippen LogP contribution in [-0.2, 0) is 12.6 Å². The zero-order valence-electron chi connectivity index (χ0n) is 11.6. The van der Waals surface area contributed by atoms with Gasteiger partial charge in [0.15, 0.2) is 0 Å². The quantitative estimate of drug-likeness (QED) is 0.749. The van der Waals surface area contributed by atoms with Gasteiger partial charge in [-0.25, -0.2) is 4.39 Å². The lowest BCUT2D eigenvalue weighted by Crippen LogP contribution is -2.05. The van der Waals surface area contributed by atoms with E-state index in [9.17, 15) is 17.6 Å². The molecule has 4 nitrogen and oxygen atoms in total. The normalized spacial score (nSPS) is 11.7. The molecule has 1 aromatic heterocycles. The van der Waals surface area contributed by atoms with Crippen molar-refractivity contribution in [2.45, 2.75) is 12.6 Å². The van der Waals surface area contributed by atoms with Crippen LogP contribution >= 0.6 is 0 Å². The molecule has 0 atom stereocenters. The van der Waals surface area contributed by atoms with Crippen LogP contribution in [0.15, 0.2) is 42.5 Å². The van der Waals surface area contributed by atoms with Gasteiger partial charge in [0.1, 0.15) is 5.82 Å². The van der Waals surface area contributed by atoms with Gasteiger partial charge in [-0.05, 0) is 29.0 Å². The predicted octanol–water partition coefficient (Wildman–Crippen LogP) is 3.62. The molecule has 23 heavy (non-hydrogen) atoms. The first kappa shape index (κ1) is 15.1. The highest BCUT2D eigenvalue weighted by Gasteiger charge is 2.30. The van der Waals surface area contributed by atoms with Crippen molar-refractivity contribution in [3.8, 4) is 11.4 Å². The minimum Gasteiger partial charge on any atom is -0.207 e. The molecule has 3 rings (SSSR count). The zero-order chi connectivity index (χ0) is 16.4. The number of rotatable bonds is 3. The second-order valence-corrected chi connectivity index (χ2v) is 4.87. The van der Waals surface area contributed by atoms with Crippen LogP contribution in [0.3, 0.4) is 0 Å². The first-order chi connectivity index (χ1) is 10.9. The molecule has 0 saturated heterocycles. The number of nitrogens with zero attached hydrogens (tertiary/aromatic N) is 3. The molecule has 0 radical (unpaired) electrons. The second kappa shape index (κ2) is 5.79. The van der Waals surface area contributed by atoms with Gasteiger partial charge in [-0.2, -0.15) is 18.4 Å². The van der Waals surface area contributed by atoms with Gasteiger partial charge in [0.25, 0.3) is 0 Å². The van der Waals surface area contributed by atoms with E-state index in [4.69, 9.17) is 0 Å². The predicted molar refractivity (Wildman–Crippen MR) is 73.8 cm³/mol. The number of nitrogens with one attached hydrogen (secondary N) is 1. The highest BCUT2D eigenvalue weighted by Crippen LogP contribution is 2.30. The average Bonchev–Trinajstić information content (AvgIpc) is 3.03. The van der Waals surface area contributed by atoms with E-state index in [1.54, 1.807) is 6.07 Å². The van der Waals surface area contributed by atoms with Crippen molar-refractivity contribution in [1.29, 1.82) is 0 Å². The van der Waals surface area contributed by atoms with Crippen molar-refractivity contribution in [1.82, 2.24) is 20.6 Å². The van der Waals surface area contributed by atoms with Crippen molar-refractivity contribution < 1.29 is 17.6 Å². The van der Waals surface area contributed by atoms with E-state index in [-0.39, 0.29) is 12.2 Å². The Hall–Kier alpha value is -2.77. The van der Waals surface area contributed by atoms with Gasteiger partial charge in [-0.15, -0.1) is 10.2 Å². The van der Waals surface area contributed by atoms with Crippen molar-refractivity contribution in [2.75, 3.05) is 0 Å². The molecule has 0 saturated carbocycles. The third-order valence-corrected chi connectivity index (χ3v) is 3.37. The summed E-state index contributed by atoms with van der Waals surface area (Å²) in [5.74, 6) is -0.251. The highest BCUT2D eigenvalue weighted by molar-refractivity contribution is 5.60. The Bertz CT molecular complexity index is 795. The Labute approximate surface area is 128 Å². The van der Waals surface area contributed by atoms with E-state index < -0.39 is 17.6 Å². The monoisotopic (exact) mass is 322 g/mol. The van der Waals surface area contributed by atoms with Gasteiger partial charge >= 0.3 is 6.18 Å². The highest BCUT2D eigenvalue weighted by atomic mass is 19.4. The fourth-order valence-electron chi connectivity index (χ4n) is 2.24. The third-order valence-electron chi connectivity index (χ3n) is 3.37. The summed E-state index contributed by atoms with van der Waals surface area (Å²) in [6, 6.07) is 9.03. The van der Waals surface area contributed by atoms with Crippen LogP contribution in [0.2, 0.25) is 0 Å². The van der Waals surface area contributed by atoms with Crippen LogP contribution in [0, 0.1) is 5.82 Å². The summed E-state index contributed by atoms with van der Waals surface area (Å²) >= 11 is 0. The van der Waals surface area contributed by atoms with Crippen LogP contribution in [0.25, 0.3) is 11.4 Å². The number of alkyl halides is 3. The molecular weight excluding hydrogens is 312 g/mol. The Morgan fingerprint density at radius 2 is 1.74 bits per heavy atom. The van der Waals surface area contributed by atoms with Gasteiger partial charge < -0.3 is 0 Å². The summed E-state index contributed by atoms with van der Waals surface area (Å²) in [6.07, 6.45) is -4.28. The SMILES string of the molecule is Fc1cccc(-c2nn[nH]n2)c1Cc1ccc(C(F)(F)F)cc1. The molecule has 1 heterocycles. The number of halogens is 4. The van der Waals surface area contributed by atoms with Crippen molar-refractivity contribution in [2.24, 2.45) is 0 Å². The largest absolute Gasteiger partial charge is 0.416 e. The Balaban J connectivity index is 1.94. The molecule has 8 heteroatoms. The van der Waals surface area contributed by atoms with Crippen LogP contribution in [0.5, 0.6) is 0 Å². The topological polar surface area (TPSA) is 54.5 Å². The summed E-state index contributed by atoms with van der Waals surface area (Å²) in [4.78, 5) is 0. The molecule has 0 amide bonds. The molecule has 0 aliphatic heterocycles. The minimum absolute atomic E-state index is 0.120. The smallest absolute Gasteiger partial charge is 0.207 e. The van der Waals surface area contributed by atoms with Crippen LogP contribution in [0.4, 0.5) is 17.6 Å². The average molecular weight is 322 g/mol. The molecule has 118 valence electrons. The first-order valence-electron chi connectivity index (χ1n) is 6.62. The number of tetrazole rings is 1. The third kappa shape index (κ3) is 3.20. The first-order valence-corrected chi connectivity index (χ1v) is 6.62. The Kier molecular flexibility index (Phi) is 3.81. The Morgan fingerprint density at radius 1 is 1.00 bits per heavy atom. The number of benzene rings is 2. The number of H-pyrrole nitrogens is 1. The molecule has 0 aliphatic carbocycles. The van der Waals surface area contributed by atoms with Gasteiger partial charge in [0, 0.05) is 17.5 Å². The number of hydrogen-bond acceptors (Lipinski definition) is 3. The summed E-state index contributed by atoms with van der Waals surface area (Å²) < 4.78 is 51.9. The number of aromatic amines is 1. The van der Waals surface area contributed by atoms with E-state index in [0.717, 1.165) is 12.1 Å². The fraction of sp³-hybridized carbons (Fsp3) is 0.133. The van der Waals surface area contributed by atoms with Gasteiger partial charge in [0.05, 0.1) is 5.56 Å². The van der Waals surface area contributed by atoms with E-state index >= 15 is 0 Å². The zero-order valence-corrected chi connectivity index (χ0v) is 11.6. The molecule has 0 fully saturated rings. The molecule has 0 bridgehead atoms.